The largest absolute Gasteiger partial charge is 0.349 e. The first-order valence-corrected chi connectivity index (χ1v) is 6.43. The lowest BCUT2D eigenvalue weighted by Gasteiger charge is -2.16. The summed E-state index contributed by atoms with van der Waals surface area (Å²) in [6.07, 6.45) is 6.24. The highest BCUT2D eigenvalue weighted by Gasteiger charge is 2.20. The van der Waals surface area contributed by atoms with Crippen molar-refractivity contribution in [3.8, 4) is 0 Å². The molecule has 1 aromatic carbocycles. The third-order valence-corrected chi connectivity index (χ3v) is 3.38. The van der Waals surface area contributed by atoms with Gasteiger partial charge < -0.3 is 5.32 Å². The molecular weight excluding hydrogens is 236 g/mol. The third-order valence-electron chi connectivity index (χ3n) is 3.38. The van der Waals surface area contributed by atoms with Crippen LogP contribution in [0.1, 0.15) is 48.9 Å². The van der Waals surface area contributed by atoms with Crippen LogP contribution in [-0.2, 0) is 0 Å². The lowest BCUT2D eigenvalue weighted by Crippen LogP contribution is -2.35. The third kappa shape index (κ3) is 3.06. The van der Waals surface area contributed by atoms with E-state index in [1.165, 1.54) is 18.9 Å². The number of nitrogens with one attached hydrogen (secondary N) is 1. The highest BCUT2D eigenvalue weighted by atomic mass is 19.1. The molecule has 0 radical (unpaired) electrons. The first-order valence-electron chi connectivity index (χ1n) is 6.43. The first kappa shape index (κ1) is 13.0. The average Bonchev–Trinajstić information content (AvgIpc) is 2.57. The van der Waals surface area contributed by atoms with Crippen molar-refractivity contribution in [2.24, 2.45) is 0 Å². The monoisotopic (exact) mass is 253 g/mol. The van der Waals surface area contributed by atoms with E-state index in [9.17, 15) is 13.6 Å². The molecule has 0 atom stereocenters. The van der Waals surface area contributed by atoms with Gasteiger partial charge in [-0.2, -0.15) is 0 Å². The molecule has 1 fully saturated rings. The Balaban J connectivity index is 2.07. The Kier molecular flexibility index (Phi) is 4.28. The summed E-state index contributed by atoms with van der Waals surface area (Å²) in [6, 6.07) is 3.50. The summed E-state index contributed by atoms with van der Waals surface area (Å²) in [5.41, 5.74) is -0.471. The van der Waals surface area contributed by atoms with E-state index in [0.29, 0.717) is 0 Å². The van der Waals surface area contributed by atoms with Gasteiger partial charge in [-0.15, -0.1) is 0 Å². The summed E-state index contributed by atoms with van der Waals surface area (Å²) in [7, 11) is 0. The van der Waals surface area contributed by atoms with Crippen molar-refractivity contribution in [3.63, 3.8) is 0 Å². The van der Waals surface area contributed by atoms with Crippen molar-refractivity contribution in [1.29, 1.82) is 0 Å². The van der Waals surface area contributed by atoms with Crippen LogP contribution in [0.3, 0.4) is 0 Å². The zero-order valence-corrected chi connectivity index (χ0v) is 10.2. The fourth-order valence-corrected chi connectivity index (χ4v) is 2.40. The number of halogens is 2. The van der Waals surface area contributed by atoms with Crippen LogP contribution in [0, 0.1) is 11.6 Å². The SMILES string of the molecule is O=C(NC1CCCCCC1)c1c(F)cccc1F. The van der Waals surface area contributed by atoms with Gasteiger partial charge in [0, 0.05) is 6.04 Å². The molecule has 0 saturated heterocycles. The van der Waals surface area contributed by atoms with Crippen molar-refractivity contribution in [1.82, 2.24) is 5.32 Å². The van der Waals surface area contributed by atoms with Crippen molar-refractivity contribution >= 4 is 5.91 Å². The summed E-state index contributed by atoms with van der Waals surface area (Å²) < 4.78 is 26.9. The van der Waals surface area contributed by atoms with E-state index in [2.05, 4.69) is 5.32 Å². The predicted molar refractivity (Wildman–Crippen MR) is 65.3 cm³/mol. The molecule has 0 spiro atoms. The number of rotatable bonds is 2. The Bertz CT molecular complexity index is 406. The lowest BCUT2D eigenvalue weighted by atomic mass is 10.1. The second-order valence-corrected chi connectivity index (χ2v) is 4.76. The standard InChI is InChI=1S/C14H17F2NO/c15-11-8-5-9-12(16)13(11)14(18)17-10-6-3-1-2-4-7-10/h5,8-10H,1-4,6-7H2,(H,17,18). The Morgan fingerprint density at radius 1 is 1.06 bits per heavy atom. The summed E-state index contributed by atoms with van der Waals surface area (Å²) in [5.74, 6) is -2.25. The first-order chi connectivity index (χ1) is 8.68. The molecule has 1 saturated carbocycles. The molecule has 0 unspecified atom stereocenters. The zero-order chi connectivity index (χ0) is 13.0. The van der Waals surface area contributed by atoms with E-state index in [1.807, 2.05) is 0 Å². The predicted octanol–water partition coefficient (Wildman–Crippen LogP) is 3.42. The molecule has 0 aromatic heterocycles. The lowest BCUT2D eigenvalue weighted by molar-refractivity contribution is 0.0925. The number of hydrogen-bond donors (Lipinski definition) is 1. The molecule has 0 bridgehead atoms. The van der Waals surface area contributed by atoms with Gasteiger partial charge >= 0.3 is 0 Å². The molecule has 98 valence electrons. The summed E-state index contributed by atoms with van der Waals surface area (Å²) in [6.45, 7) is 0. The summed E-state index contributed by atoms with van der Waals surface area (Å²) in [5, 5.41) is 2.74. The van der Waals surface area contributed by atoms with Crippen LogP contribution < -0.4 is 5.32 Å². The molecule has 1 amide bonds. The Morgan fingerprint density at radius 2 is 1.61 bits per heavy atom. The van der Waals surface area contributed by atoms with Gasteiger partial charge in [-0.1, -0.05) is 31.7 Å². The van der Waals surface area contributed by atoms with E-state index in [0.717, 1.165) is 37.8 Å². The van der Waals surface area contributed by atoms with E-state index < -0.39 is 23.1 Å². The molecular formula is C14H17F2NO. The second-order valence-electron chi connectivity index (χ2n) is 4.76. The van der Waals surface area contributed by atoms with Gasteiger partial charge in [0.05, 0.1) is 0 Å². The molecule has 1 N–H and O–H groups in total. The van der Waals surface area contributed by atoms with Gasteiger partial charge in [-0.25, -0.2) is 8.78 Å². The minimum atomic E-state index is -0.805. The van der Waals surface area contributed by atoms with Crippen LogP contribution in [0.2, 0.25) is 0 Å². The normalized spacial score (nSPS) is 17.2. The fourth-order valence-electron chi connectivity index (χ4n) is 2.40. The number of hydrogen-bond acceptors (Lipinski definition) is 1. The summed E-state index contributed by atoms with van der Waals surface area (Å²) in [4.78, 5) is 11.9. The Hall–Kier alpha value is -1.45. The molecule has 1 aromatic rings. The number of benzene rings is 1. The molecule has 1 aliphatic rings. The van der Waals surface area contributed by atoms with Gasteiger partial charge in [-0.05, 0) is 25.0 Å². The number of carbonyl (C=O) groups excluding carboxylic acids is 1. The van der Waals surface area contributed by atoms with Crippen LogP contribution >= 0.6 is 0 Å². The average molecular weight is 253 g/mol. The molecule has 2 rings (SSSR count). The Morgan fingerprint density at radius 3 is 2.17 bits per heavy atom. The molecule has 0 aliphatic heterocycles. The van der Waals surface area contributed by atoms with Crippen molar-refractivity contribution in [3.05, 3.63) is 35.4 Å². The molecule has 1 aliphatic carbocycles. The van der Waals surface area contributed by atoms with Crippen molar-refractivity contribution in [2.45, 2.75) is 44.6 Å². The van der Waals surface area contributed by atoms with Gasteiger partial charge in [0.15, 0.2) is 0 Å². The number of carbonyl (C=O) groups is 1. The van der Waals surface area contributed by atoms with E-state index in [1.54, 1.807) is 0 Å². The highest BCUT2D eigenvalue weighted by Crippen LogP contribution is 2.18. The minimum Gasteiger partial charge on any atom is -0.349 e. The van der Waals surface area contributed by atoms with Crippen LogP contribution in [-0.4, -0.2) is 11.9 Å². The smallest absolute Gasteiger partial charge is 0.257 e. The second kappa shape index (κ2) is 5.94. The molecule has 18 heavy (non-hydrogen) atoms. The van der Waals surface area contributed by atoms with Crippen molar-refractivity contribution in [2.75, 3.05) is 0 Å². The van der Waals surface area contributed by atoms with E-state index >= 15 is 0 Å². The Labute approximate surface area is 105 Å². The van der Waals surface area contributed by atoms with E-state index in [4.69, 9.17) is 0 Å². The maximum Gasteiger partial charge on any atom is 0.257 e. The fraction of sp³-hybridized carbons (Fsp3) is 0.500. The van der Waals surface area contributed by atoms with Gasteiger partial charge in [0.1, 0.15) is 17.2 Å². The van der Waals surface area contributed by atoms with E-state index in [-0.39, 0.29) is 6.04 Å². The zero-order valence-electron chi connectivity index (χ0n) is 10.2. The van der Waals surface area contributed by atoms with Gasteiger partial charge in [0.2, 0.25) is 0 Å². The molecule has 4 heteroatoms. The van der Waals surface area contributed by atoms with Gasteiger partial charge in [0.25, 0.3) is 5.91 Å². The quantitative estimate of drug-likeness (QED) is 0.804. The summed E-state index contributed by atoms with van der Waals surface area (Å²) >= 11 is 0. The van der Waals surface area contributed by atoms with Crippen LogP contribution in [0.15, 0.2) is 18.2 Å². The van der Waals surface area contributed by atoms with Crippen LogP contribution in [0.25, 0.3) is 0 Å². The number of amides is 1. The minimum absolute atomic E-state index is 0.0407. The maximum absolute atomic E-state index is 13.4. The maximum atomic E-state index is 13.4. The highest BCUT2D eigenvalue weighted by molar-refractivity contribution is 5.94. The van der Waals surface area contributed by atoms with Crippen LogP contribution in [0.4, 0.5) is 8.78 Å². The molecule has 2 nitrogen and oxygen atoms in total. The van der Waals surface area contributed by atoms with Crippen molar-refractivity contribution < 1.29 is 13.6 Å². The topological polar surface area (TPSA) is 29.1 Å². The van der Waals surface area contributed by atoms with Crippen LogP contribution in [0.5, 0.6) is 0 Å². The van der Waals surface area contributed by atoms with Gasteiger partial charge in [-0.3, -0.25) is 4.79 Å². The molecule has 0 heterocycles.